The third kappa shape index (κ3) is 17.8. The first kappa shape index (κ1) is 32.4. The van der Waals surface area contributed by atoms with Gasteiger partial charge >= 0.3 is 11.9 Å². The van der Waals surface area contributed by atoms with E-state index in [4.69, 9.17) is 9.47 Å². The van der Waals surface area contributed by atoms with Crippen LogP contribution in [0.4, 0.5) is 0 Å². The lowest BCUT2D eigenvalue weighted by molar-refractivity contribution is -0.156. The molecule has 0 amide bonds. The van der Waals surface area contributed by atoms with Crippen molar-refractivity contribution in [2.45, 2.75) is 135 Å². The van der Waals surface area contributed by atoms with Crippen molar-refractivity contribution in [1.82, 2.24) is 4.90 Å². The van der Waals surface area contributed by atoms with Crippen molar-refractivity contribution < 1.29 is 19.1 Å². The van der Waals surface area contributed by atoms with Crippen LogP contribution in [0.1, 0.15) is 129 Å². The molecule has 1 aliphatic rings. The first-order chi connectivity index (χ1) is 17.6. The van der Waals surface area contributed by atoms with E-state index in [0.29, 0.717) is 6.42 Å². The summed E-state index contributed by atoms with van der Waals surface area (Å²) in [6, 6.07) is 0. The summed E-state index contributed by atoms with van der Waals surface area (Å²) in [6.45, 7) is 7.97. The van der Waals surface area contributed by atoms with Gasteiger partial charge in [-0.15, -0.1) is 5.73 Å². The minimum atomic E-state index is -0.142. The van der Waals surface area contributed by atoms with Crippen LogP contribution in [-0.2, 0) is 19.1 Å². The van der Waals surface area contributed by atoms with E-state index in [1.165, 1.54) is 51.4 Å². The Morgan fingerprint density at radius 2 is 1.42 bits per heavy atom. The fraction of sp³-hybridized carbons (Fsp3) is 0.839. The van der Waals surface area contributed by atoms with Gasteiger partial charge in [0.05, 0.1) is 5.92 Å². The summed E-state index contributed by atoms with van der Waals surface area (Å²) in [7, 11) is 2.13. The van der Waals surface area contributed by atoms with Gasteiger partial charge in [0.15, 0.2) is 0 Å². The summed E-state index contributed by atoms with van der Waals surface area (Å²) in [6.07, 6.45) is 23.0. The molecule has 1 unspecified atom stereocenters. The number of unbranched alkanes of at least 4 members (excludes halogenated alkanes) is 12. The van der Waals surface area contributed by atoms with Crippen LogP contribution in [0.2, 0.25) is 0 Å². The van der Waals surface area contributed by atoms with Gasteiger partial charge in [0.25, 0.3) is 0 Å². The SMILES string of the molecule is C=C=CCOC(=O)CCCCCCCCC(CCCCCCCCCC)OC(=O)C1CCN(C)CC1. The van der Waals surface area contributed by atoms with Gasteiger partial charge in [-0.25, -0.2) is 0 Å². The lowest BCUT2D eigenvalue weighted by atomic mass is 9.97. The second kappa shape index (κ2) is 22.6. The minimum Gasteiger partial charge on any atom is -0.462 e. The first-order valence-corrected chi connectivity index (χ1v) is 15.0. The molecule has 1 saturated heterocycles. The Hall–Kier alpha value is -1.58. The van der Waals surface area contributed by atoms with Crippen LogP contribution in [0.3, 0.4) is 0 Å². The maximum Gasteiger partial charge on any atom is 0.309 e. The van der Waals surface area contributed by atoms with Gasteiger partial charge in [-0.1, -0.05) is 84.1 Å². The third-order valence-electron chi connectivity index (χ3n) is 7.34. The van der Waals surface area contributed by atoms with Gasteiger partial charge in [-0.05, 0) is 71.2 Å². The molecule has 0 aromatic rings. The molecule has 5 nitrogen and oxygen atoms in total. The van der Waals surface area contributed by atoms with Crippen molar-refractivity contribution in [2.24, 2.45) is 5.92 Å². The number of hydrogen-bond acceptors (Lipinski definition) is 5. The summed E-state index contributed by atoms with van der Waals surface area (Å²) in [4.78, 5) is 26.7. The molecule has 0 aromatic heterocycles. The van der Waals surface area contributed by atoms with Crippen LogP contribution in [0.5, 0.6) is 0 Å². The molecule has 1 heterocycles. The van der Waals surface area contributed by atoms with E-state index in [-0.39, 0.29) is 30.6 Å². The standard InChI is InChI=1S/C31H55NO4/c1-4-6-8-9-10-11-14-17-20-29(36-31(34)28-23-25-32(3)26-24-28)21-18-15-12-13-16-19-22-30(33)35-27-7-5-2/h7,28-29H,2,4,6,8-27H2,1,3H3. The normalized spacial score (nSPS) is 15.3. The summed E-state index contributed by atoms with van der Waals surface area (Å²) in [5, 5.41) is 0. The number of ether oxygens (including phenoxy) is 2. The molecular weight excluding hydrogens is 450 g/mol. The smallest absolute Gasteiger partial charge is 0.309 e. The van der Waals surface area contributed by atoms with Gasteiger partial charge in [0, 0.05) is 6.42 Å². The van der Waals surface area contributed by atoms with Crippen LogP contribution < -0.4 is 0 Å². The molecule has 0 aromatic carbocycles. The molecule has 0 spiro atoms. The molecule has 36 heavy (non-hydrogen) atoms. The van der Waals surface area contributed by atoms with E-state index >= 15 is 0 Å². The quantitative estimate of drug-likeness (QED) is 0.0854. The van der Waals surface area contributed by atoms with Crippen molar-refractivity contribution in [3.05, 3.63) is 18.4 Å². The van der Waals surface area contributed by atoms with Gasteiger partial charge in [-0.2, -0.15) is 0 Å². The predicted octanol–water partition coefficient (Wildman–Crippen LogP) is 7.78. The molecule has 1 aliphatic heterocycles. The zero-order valence-corrected chi connectivity index (χ0v) is 23.6. The highest BCUT2D eigenvalue weighted by molar-refractivity contribution is 5.72. The molecule has 0 aliphatic carbocycles. The Morgan fingerprint density at radius 3 is 1.97 bits per heavy atom. The number of hydrogen-bond donors (Lipinski definition) is 0. The largest absolute Gasteiger partial charge is 0.462 e. The number of esters is 2. The highest BCUT2D eigenvalue weighted by atomic mass is 16.5. The molecule has 208 valence electrons. The van der Waals surface area contributed by atoms with E-state index in [9.17, 15) is 9.59 Å². The van der Waals surface area contributed by atoms with Gasteiger partial charge in [-0.3, -0.25) is 9.59 Å². The lowest BCUT2D eigenvalue weighted by Gasteiger charge is -2.29. The second-order valence-corrected chi connectivity index (χ2v) is 10.7. The van der Waals surface area contributed by atoms with Crippen molar-refractivity contribution >= 4 is 11.9 Å². The Kier molecular flexibility index (Phi) is 20.4. The Balaban J connectivity index is 2.23. The van der Waals surface area contributed by atoms with E-state index < -0.39 is 0 Å². The number of rotatable bonds is 22. The van der Waals surface area contributed by atoms with Gasteiger partial charge in [0.2, 0.25) is 0 Å². The number of piperidine rings is 1. The van der Waals surface area contributed by atoms with Crippen LogP contribution in [0, 0.1) is 5.92 Å². The predicted molar refractivity (Wildman–Crippen MR) is 149 cm³/mol. The summed E-state index contributed by atoms with van der Waals surface area (Å²) < 4.78 is 11.1. The van der Waals surface area contributed by atoms with Crippen LogP contribution >= 0.6 is 0 Å². The molecule has 0 radical (unpaired) electrons. The van der Waals surface area contributed by atoms with Gasteiger partial charge in [0.1, 0.15) is 12.7 Å². The van der Waals surface area contributed by atoms with E-state index in [1.807, 2.05) is 0 Å². The molecule has 5 heteroatoms. The fourth-order valence-corrected chi connectivity index (χ4v) is 4.89. The molecule has 1 rings (SSSR count). The molecule has 0 bridgehead atoms. The van der Waals surface area contributed by atoms with E-state index in [1.54, 1.807) is 6.08 Å². The van der Waals surface area contributed by atoms with Crippen LogP contribution in [0.25, 0.3) is 0 Å². The summed E-state index contributed by atoms with van der Waals surface area (Å²) in [5.74, 6) is -0.0124. The zero-order valence-electron chi connectivity index (χ0n) is 23.6. The average molecular weight is 506 g/mol. The topological polar surface area (TPSA) is 55.8 Å². The van der Waals surface area contributed by atoms with Crippen molar-refractivity contribution in [3.8, 4) is 0 Å². The molecular formula is C31H55NO4. The zero-order chi connectivity index (χ0) is 26.3. The Bertz CT molecular complexity index is 606. The molecule has 1 atom stereocenters. The van der Waals surface area contributed by atoms with Crippen molar-refractivity contribution in [2.75, 3.05) is 26.7 Å². The Morgan fingerprint density at radius 1 is 0.889 bits per heavy atom. The minimum absolute atomic E-state index is 0.0446. The fourth-order valence-electron chi connectivity index (χ4n) is 4.89. The lowest BCUT2D eigenvalue weighted by Crippen LogP contribution is -2.35. The van der Waals surface area contributed by atoms with Crippen LogP contribution in [0.15, 0.2) is 18.4 Å². The second-order valence-electron chi connectivity index (χ2n) is 10.7. The monoisotopic (exact) mass is 505 g/mol. The van der Waals surface area contributed by atoms with Crippen molar-refractivity contribution in [3.63, 3.8) is 0 Å². The first-order valence-electron chi connectivity index (χ1n) is 15.0. The molecule has 0 N–H and O–H groups in total. The number of likely N-dealkylation sites (tertiary alicyclic amines) is 1. The number of carbonyl (C=O) groups excluding carboxylic acids is 2. The maximum absolute atomic E-state index is 12.8. The third-order valence-corrected chi connectivity index (χ3v) is 7.34. The van der Waals surface area contributed by atoms with E-state index in [0.717, 1.165) is 77.3 Å². The number of nitrogens with zero attached hydrogens (tertiary/aromatic N) is 1. The van der Waals surface area contributed by atoms with Crippen LogP contribution in [-0.4, -0.2) is 49.7 Å². The maximum atomic E-state index is 12.8. The summed E-state index contributed by atoms with van der Waals surface area (Å²) in [5.41, 5.74) is 2.60. The highest BCUT2D eigenvalue weighted by Gasteiger charge is 2.26. The Labute approximate surface area is 222 Å². The summed E-state index contributed by atoms with van der Waals surface area (Å²) >= 11 is 0. The highest BCUT2D eigenvalue weighted by Crippen LogP contribution is 2.22. The average Bonchev–Trinajstić information content (AvgIpc) is 2.87. The molecule has 0 saturated carbocycles. The van der Waals surface area contributed by atoms with Gasteiger partial charge < -0.3 is 14.4 Å². The van der Waals surface area contributed by atoms with Crippen molar-refractivity contribution in [1.29, 1.82) is 0 Å². The molecule has 1 fully saturated rings. The van der Waals surface area contributed by atoms with E-state index in [2.05, 4.69) is 31.2 Å². The number of carbonyl (C=O) groups is 2.